The molecule has 0 radical (unpaired) electrons. The van der Waals surface area contributed by atoms with Crippen LogP contribution in [0.3, 0.4) is 0 Å². The van der Waals surface area contributed by atoms with Crippen molar-refractivity contribution in [3.8, 4) is 0 Å². The Labute approximate surface area is 124 Å². The highest BCUT2D eigenvalue weighted by atomic mass is 16.5. The molecule has 0 unspecified atom stereocenters. The van der Waals surface area contributed by atoms with Crippen LogP contribution in [0.15, 0.2) is 24.3 Å². The highest BCUT2D eigenvalue weighted by Gasteiger charge is 2.35. The van der Waals surface area contributed by atoms with Crippen molar-refractivity contribution in [3.63, 3.8) is 0 Å². The lowest BCUT2D eigenvalue weighted by Crippen LogP contribution is -2.54. The molecule has 1 aromatic rings. The van der Waals surface area contributed by atoms with Crippen LogP contribution in [0.2, 0.25) is 0 Å². The highest BCUT2D eigenvalue weighted by molar-refractivity contribution is 6.00. The third kappa shape index (κ3) is 3.80. The van der Waals surface area contributed by atoms with E-state index in [1.54, 1.807) is 24.3 Å². The summed E-state index contributed by atoms with van der Waals surface area (Å²) in [5, 5.41) is 5.51. The van der Waals surface area contributed by atoms with E-state index in [4.69, 9.17) is 10.5 Å². The number of nitrogens with two attached hydrogens (primary N) is 1. The summed E-state index contributed by atoms with van der Waals surface area (Å²) in [6.45, 7) is 3.39. The molecule has 0 atom stereocenters. The first-order chi connectivity index (χ1) is 10.0. The van der Waals surface area contributed by atoms with E-state index in [1.807, 2.05) is 6.92 Å². The van der Waals surface area contributed by atoms with Crippen molar-refractivity contribution in [1.29, 1.82) is 0 Å². The summed E-state index contributed by atoms with van der Waals surface area (Å²) < 4.78 is 5.23. The topological polar surface area (TPSA) is 93.5 Å². The van der Waals surface area contributed by atoms with Gasteiger partial charge in [-0.25, -0.2) is 0 Å². The number of hydrogen-bond donors (Lipinski definition) is 3. The van der Waals surface area contributed by atoms with E-state index in [0.717, 1.165) is 0 Å². The van der Waals surface area contributed by atoms with Gasteiger partial charge in [0.25, 0.3) is 5.91 Å². The average Bonchev–Trinajstić information content (AvgIpc) is 2.48. The Hall–Kier alpha value is -1.92. The van der Waals surface area contributed by atoms with Gasteiger partial charge in [0.2, 0.25) is 5.91 Å². The van der Waals surface area contributed by atoms with Gasteiger partial charge in [0.15, 0.2) is 0 Å². The zero-order valence-electron chi connectivity index (χ0n) is 12.1. The number of benzene rings is 1. The van der Waals surface area contributed by atoms with E-state index in [9.17, 15) is 9.59 Å². The molecule has 1 aliphatic rings. The van der Waals surface area contributed by atoms with Gasteiger partial charge in [-0.15, -0.1) is 0 Å². The second-order valence-corrected chi connectivity index (χ2v) is 5.16. The predicted octanol–water partition coefficient (Wildman–Crippen LogP) is 0.883. The SMILES string of the molecule is CCNC(=O)c1cccc(NC(=O)C2(N)CCOCC2)c1. The lowest BCUT2D eigenvalue weighted by atomic mass is 9.90. The quantitative estimate of drug-likeness (QED) is 0.767. The minimum Gasteiger partial charge on any atom is -0.381 e. The molecule has 1 heterocycles. The van der Waals surface area contributed by atoms with Gasteiger partial charge < -0.3 is 21.1 Å². The molecule has 6 heteroatoms. The molecule has 0 bridgehead atoms. The Balaban J connectivity index is 2.07. The number of nitrogens with one attached hydrogen (secondary N) is 2. The van der Waals surface area contributed by atoms with Crippen molar-refractivity contribution in [2.45, 2.75) is 25.3 Å². The van der Waals surface area contributed by atoms with Gasteiger partial charge in [0, 0.05) is 31.0 Å². The summed E-state index contributed by atoms with van der Waals surface area (Å²) in [6.07, 6.45) is 0.990. The summed E-state index contributed by atoms with van der Waals surface area (Å²) >= 11 is 0. The van der Waals surface area contributed by atoms with Crippen LogP contribution < -0.4 is 16.4 Å². The molecule has 1 aromatic carbocycles. The molecule has 0 saturated carbocycles. The maximum absolute atomic E-state index is 12.3. The number of rotatable bonds is 4. The van der Waals surface area contributed by atoms with Gasteiger partial charge in [-0.05, 0) is 38.0 Å². The fourth-order valence-corrected chi connectivity index (χ4v) is 2.22. The number of carbonyl (C=O) groups is 2. The van der Waals surface area contributed by atoms with E-state index >= 15 is 0 Å². The standard InChI is InChI=1S/C15H21N3O3/c1-2-17-13(19)11-4-3-5-12(10-11)18-14(20)15(16)6-8-21-9-7-15/h3-5,10H,2,6-9,16H2,1H3,(H,17,19)(H,18,20). The largest absolute Gasteiger partial charge is 0.381 e. The zero-order chi connectivity index (χ0) is 15.3. The molecule has 1 fully saturated rings. The molecule has 114 valence electrons. The summed E-state index contributed by atoms with van der Waals surface area (Å²) in [6, 6.07) is 6.82. The van der Waals surface area contributed by atoms with E-state index in [2.05, 4.69) is 10.6 Å². The van der Waals surface area contributed by atoms with E-state index < -0.39 is 5.54 Å². The van der Waals surface area contributed by atoms with Crippen molar-refractivity contribution in [1.82, 2.24) is 5.32 Å². The van der Waals surface area contributed by atoms with E-state index in [-0.39, 0.29) is 11.8 Å². The van der Waals surface area contributed by atoms with Crippen LogP contribution in [0, 0.1) is 0 Å². The molecule has 0 spiro atoms. The lowest BCUT2D eigenvalue weighted by molar-refractivity contribution is -0.124. The molecule has 1 saturated heterocycles. The zero-order valence-corrected chi connectivity index (χ0v) is 12.1. The maximum Gasteiger partial charge on any atom is 0.251 e. The normalized spacial score (nSPS) is 17.0. The van der Waals surface area contributed by atoms with Crippen LogP contribution in [0.5, 0.6) is 0 Å². The van der Waals surface area contributed by atoms with Gasteiger partial charge >= 0.3 is 0 Å². The van der Waals surface area contributed by atoms with Crippen LogP contribution >= 0.6 is 0 Å². The predicted molar refractivity (Wildman–Crippen MR) is 80.1 cm³/mol. The Morgan fingerprint density at radius 1 is 1.33 bits per heavy atom. The molecule has 1 aliphatic heterocycles. The first-order valence-corrected chi connectivity index (χ1v) is 7.11. The Morgan fingerprint density at radius 2 is 2.05 bits per heavy atom. The number of amides is 2. The third-order valence-electron chi connectivity index (χ3n) is 3.56. The molecule has 21 heavy (non-hydrogen) atoms. The highest BCUT2D eigenvalue weighted by Crippen LogP contribution is 2.20. The molecule has 0 aliphatic carbocycles. The van der Waals surface area contributed by atoms with Crippen molar-refractivity contribution < 1.29 is 14.3 Å². The average molecular weight is 291 g/mol. The Bertz CT molecular complexity index is 525. The van der Waals surface area contributed by atoms with E-state index in [0.29, 0.717) is 43.9 Å². The van der Waals surface area contributed by atoms with Crippen molar-refractivity contribution in [2.24, 2.45) is 5.73 Å². The van der Waals surface area contributed by atoms with Crippen molar-refractivity contribution in [3.05, 3.63) is 29.8 Å². The third-order valence-corrected chi connectivity index (χ3v) is 3.56. The van der Waals surface area contributed by atoms with Crippen LogP contribution in [-0.2, 0) is 9.53 Å². The fourth-order valence-electron chi connectivity index (χ4n) is 2.22. The second-order valence-electron chi connectivity index (χ2n) is 5.16. The van der Waals surface area contributed by atoms with Crippen LogP contribution in [0.25, 0.3) is 0 Å². The van der Waals surface area contributed by atoms with Gasteiger partial charge in [0.1, 0.15) is 5.54 Å². The minimum atomic E-state index is -0.903. The Morgan fingerprint density at radius 3 is 2.71 bits per heavy atom. The van der Waals surface area contributed by atoms with Crippen LogP contribution in [0.4, 0.5) is 5.69 Å². The molecule has 2 rings (SSSR count). The first kappa shape index (κ1) is 15.5. The lowest BCUT2D eigenvalue weighted by Gasteiger charge is -2.31. The van der Waals surface area contributed by atoms with Crippen LogP contribution in [-0.4, -0.2) is 37.1 Å². The summed E-state index contributed by atoms with van der Waals surface area (Å²) in [5.41, 5.74) is 6.30. The molecule has 0 aromatic heterocycles. The number of ether oxygens (including phenoxy) is 1. The number of carbonyl (C=O) groups excluding carboxylic acids is 2. The van der Waals surface area contributed by atoms with Crippen molar-refractivity contribution >= 4 is 17.5 Å². The van der Waals surface area contributed by atoms with Crippen LogP contribution in [0.1, 0.15) is 30.1 Å². The van der Waals surface area contributed by atoms with Gasteiger partial charge in [-0.3, -0.25) is 9.59 Å². The monoisotopic (exact) mass is 291 g/mol. The molecule has 4 N–H and O–H groups in total. The van der Waals surface area contributed by atoms with Gasteiger partial charge in [-0.1, -0.05) is 6.07 Å². The van der Waals surface area contributed by atoms with Crippen molar-refractivity contribution in [2.75, 3.05) is 25.1 Å². The summed E-state index contributed by atoms with van der Waals surface area (Å²) in [4.78, 5) is 24.1. The second kappa shape index (κ2) is 6.69. The minimum absolute atomic E-state index is 0.165. The molecule has 2 amide bonds. The smallest absolute Gasteiger partial charge is 0.251 e. The fraction of sp³-hybridized carbons (Fsp3) is 0.467. The molecular formula is C15H21N3O3. The van der Waals surface area contributed by atoms with Gasteiger partial charge in [0.05, 0.1) is 0 Å². The first-order valence-electron chi connectivity index (χ1n) is 7.11. The van der Waals surface area contributed by atoms with Gasteiger partial charge in [-0.2, -0.15) is 0 Å². The number of anilines is 1. The summed E-state index contributed by atoms with van der Waals surface area (Å²) in [5.74, 6) is -0.402. The molecular weight excluding hydrogens is 270 g/mol. The number of hydrogen-bond acceptors (Lipinski definition) is 4. The molecule has 6 nitrogen and oxygen atoms in total. The summed E-state index contributed by atoms with van der Waals surface area (Å²) in [7, 11) is 0. The maximum atomic E-state index is 12.3. The Kier molecular flexibility index (Phi) is 4.93. The van der Waals surface area contributed by atoms with E-state index in [1.165, 1.54) is 0 Å².